The summed E-state index contributed by atoms with van der Waals surface area (Å²) in [6.07, 6.45) is 1.64. The third kappa shape index (κ3) is 1.66. The van der Waals surface area contributed by atoms with E-state index in [9.17, 15) is 0 Å². The largest absolute Gasteiger partial charge is 0.262 e. The molecule has 0 saturated heterocycles. The first-order valence-electron chi connectivity index (χ1n) is 3.03. The molecule has 0 bridgehead atoms. The van der Waals surface area contributed by atoms with Gasteiger partial charge in [0.2, 0.25) is 0 Å². The molecule has 0 amide bonds. The molecule has 0 aromatic carbocycles. The van der Waals surface area contributed by atoms with Crippen molar-refractivity contribution in [3.05, 3.63) is 17.1 Å². The lowest BCUT2D eigenvalue weighted by Crippen LogP contribution is -2.03. The summed E-state index contributed by atoms with van der Waals surface area (Å²) in [5, 5.41) is 14.1. The second-order valence-corrected chi connectivity index (χ2v) is 3.61. The lowest BCUT2D eigenvalue weighted by molar-refractivity contribution is 1.03. The fourth-order valence-electron chi connectivity index (χ4n) is 0.585. The molecule has 2 rings (SSSR count). The van der Waals surface area contributed by atoms with Crippen LogP contribution in [0.3, 0.4) is 0 Å². The first-order valence-corrected chi connectivity index (χ1v) is 5.13. The maximum atomic E-state index is 3.94. The van der Waals surface area contributed by atoms with Gasteiger partial charge in [0.1, 0.15) is 5.82 Å². The summed E-state index contributed by atoms with van der Waals surface area (Å²) in [5.74, 6) is 0.732. The van der Waals surface area contributed by atoms with Gasteiger partial charge in [-0.1, -0.05) is 4.49 Å². The molecule has 8 heteroatoms. The fourth-order valence-corrected chi connectivity index (χ4v) is 1.62. The standard InChI is InChI=1S/C4H4N6S2/c1-2-5-6-3(1)7-8-4-9-10-12-11-4/h1-2H,(H2,5,6,7)/b8-4+. The van der Waals surface area contributed by atoms with E-state index in [1.165, 1.54) is 20.9 Å². The Hall–Kier alpha value is -1.28. The third-order valence-corrected chi connectivity index (χ3v) is 2.46. The Morgan fingerprint density at radius 2 is 2.58 bits per heavy atom. The van der Waals surface area contributed by atoms with E-state index in [2.05, 4.69) is 30.3 Å². The van der Waals surface area contributed by atoms with Gasteiger partial charge in [-0.05, 0) is 10.3 Å². The predicted molar refractivity (Wildman–Crippen MR) is 45.6 cm³/mol. The quantitative estimate of drug-likeness (QED) is 0.538. The molecular weight excluding hydrogens is 196 g/mol. The van der Waals surface area contributed by atoms with Crippen molar-refractivity contribution in [1.29, 1.82) is 0 Å². The average Bonchev–Trinajstić information content (AvgIpc) is 2.74. The van der Waals surface area contributed by atoms with Crippen LogP contribution in [0.4, 0.5) is 5.82 Å². The van der Waals surface area contributed by atoms with Gasteiger partial charge in [-0.15, -0.1) is 10.2 Å². The van der Waals surface area contributed by atoms with Gasteiger partial charge in [-0.2, -0.15) is 5.10 Å². The molecule has 0 radical (unpaired) electrons. The van der Waals surface area contributed by atoms with E-state index in [4.69, 9.17) is 0 Å². The van der Waals surface area contributed by atoms with E-state index in [-0.39, 0.29) is 0 Å². The van der Waals surface area contributed by atoms with Crippen molar-refractivity contribution in [2.45, 2.75) is 0 Å². The minimum absolute atomic E-state index is 0.606. The summed E-state index contributed by atoms with van der Waals surface area (Å²) in [6, 6.07) is 1.77. The van der Waals surface area contributed by atoms with Crippen LogP contribution in [0.2, 0.25) is 0 Å². The van der Waals surface area contributed by atoms with E-state index in [0.29, 0.717) is 4.80 Å². The van der Waals surface area contributed by atoms with E-state index < -0.39 is 0 Å². The highest BCUT2D eigenvalue weighted by molar-refractivity contribution is 7.65. The van der Waals surface area contributed by atoms with Crippen molar-refractivity contribution >= 4 is 26.7 Å². The molecule has 0 saturated carbocycles. The Morgan fingerprint density at radius 3 is 3.25 bits per heavy atom. The van der Waals surface area contributed by atoms with Crippen LogP contribution < -0.4 is 10.2 Å². The zero-order valence-electron chi connectivity index (χ0n) is 5.76. The highest BCUT2D eigenvalue weighted by Gasteiger charge is 1.88. The van der Waals surface area contributed by atoms with E-state index in [0.717, 1.165) is 5.82 Å². The smallest absolute Gasteiger partial charge is 0.259 e. The molecule has 2 N–H and O–H groups in total. The Morgan fingerprint density at radius 1 is 1.58 bits per heavy atom. The summed E-state index contributed by atoms with van der Waals surface area (Å²) in [4.78, 5) is 0.606. The third-order valence-electron chi connectivity index (χ3n) is 1.04. The number of nitrogens with zero attached hydrogens (tertiary/aromatic N) is 4. The number of H-pyrrole nitrogens is 1. The maximum Gasteiger partial charge on any atom is 0.259 e. The van der Waals surface area contributed by atoms with Crippen LogP contribution in [-0.2, 0) is 0 Å². The van der Waals surface area contributed by atoms with Gasteiger partial charge in [0.25, 0.3) is 4.80 Å². The Labute approximate surface area is 74.5 Å². The van der Waals surface area contributed by atoms with Crippen molar-refractivity contribution in [3.8, 4) is 0 Å². The van der Waals surface area contributed by atoms with E-state index in [1.807, 2.05) is 0 Å². The number of anilines is 1. The summed E-state index contributed by atoms with van der Waals surface area (Å²) < 4.78 is 3.67. The van der Waals surface area contributed by atoms with Gasteiger partial charge in [-0.3, -0.25) is 10.5 Å². The molecule has 0 spiro atoms. The molecule has 0 atom stereocenters. The number of hydrogen-bond acceptors (Lipinski definition) is 7. The lowest BCUT2D eigenvalue weighted by atomic mass is 10.7. The number of aromatic nitrogens is 4. The fraction of sp³-hybridized carbons (Fsp3) is 0. The molecular formula is C4H4N6S2. The van der Waals surface area contributed by atoms with Crippen LogP contribution >= 0.6 is 20.9 Å². The molecule has 2 aromatic heterocycles. The van der Waals surface area contributed by atoms with Crippen molar-refractivity contribution in [2.75, 3.05) is 5.43 Å². The predicted octanol–water partition coefficient (Wildman–Crippen LogP) is 0.250. The minimum atomic E-state index is 0.606. The van der Waals surface area contributed by atoms with Gasteiger partial charge in [0, 0.05) is 16.6 Å². The Kier molecular flexibility index (Phi) is 2.10. The van der Waals surface area contributed by atoms with E-state index >= 15 is 0 Å². The molecule has 0 aliphatic carbocycles. The average molecular weight is 200 g/mol. The molecule has 12 heavy (non-hydrogen) atoms. The monoisotopic (exact) mass is 200 g/mol. The molecule has 2 aromatic rings. The lowest BCUT2D eigenvalue weighted by Gasteiger charge is -1.88. The molecule has 0 aliphatic heterocycles. The molecule has 2 heterocycles. The van der Waals surface area contributed by atoms with Crippen LogP contribution in [-0.4, -0.2) is 19.8 Å². The van der Waals surface area contributed by atoms with Crippen molar-refractivity contribution in [2.24, 2.45) is 5.10 Å². The SMILES string of the molecule is c1cc(N/N=c2\nnss2)[nH]n1. The van der Waals surface area contributed by atoms with Gasteiger partial charge in [-0.25, -0.2) is 0 Å². The molecule has 6 nitrogen and oxygen atoms in total. The Bertz CT molecular complexity index is 369. The van der Waals surface area contributed by atoms with Gasteiger partial charge < -0.3 is 0 Å². The van der Waals surface area contributed by atoms with Crippen molar-refractivity contribution < 1.29 is 0 Å². The summed E-state index contributed by atoms with van der Waals surface area (Å²) in [6.45, 7) is 0. The summed E-state index contributed by atoms with van der Waals surface area (Å²) in [7, 11) is 2.70. The maximum absolute atomic E-state index is 3.94. The summed E-state index contributed by atoms with van der Waals surface area (Å²) >= 11 is 0. The molecule has 62 valence electrons. The first kappa shape index (κ1) is 7.37. The minimum Gasteiger partial charge on any atom is -0.262 e. The van der Waals surface area contributed by atoms with Crippen LogP contribution in [0.25, 0.3) is 0 Å². The van der Waals surface area contributed by atoms with Crippen molar-refractivity contribution in [1.82, 2.24) is 19.8 Å². The number of nitrogens with one attached hydrogen (secondary N) is 2. The van der Waals surface area contributed by atoms with E-state index in [1.54, 1.807) is 12.3 Å². The zero-order valence-corrected chi connectivity index (χ0v) is 7.39. The normalized spacial score (nSPS) is 11.8. The van der Waals surface area contributed by atoms with Gasteiger partial charge >= 0.3 is 0 Å². The highest BCUT2D eigenvalue weighted by Crippen LogP contribution is 1.97. The van der Waals surface area contributed by atoms with Crippen LogP contribution in [0.15, 0.2) is 17.4 Å². The highest BCUT2D eigenvalue weighted by atomic mass is 32.9. The van der Waals surface area contributed by atoms with Crippen LogP contribution in [0, 0.1) is 0 Å². The number of hydrogen-bond donors (Lipinski definition) is 2. The Balaban J connectivity index is 2.13. The second-order valence-electron chi connectivity index (χ2n) is 1.82. The topological polar surface area (TPSA) is 78.9 Å². The second kappa shape index (κ2) is 3.41. The number of aromatic amines is 1. The van der Waals surface area contributed by atoms with Gasteiger partial charge in [0.15, 0.2) is 0 Å². The van der Waals surface area contributed by atoms with Gasteiger partial charge in [0.05, 0.1) is 6.20 Å². The molecule has 0 aliphatic rings. The first-order chi connectivity index (χ1) is 5.95. The summed E-state index contributed by atoms with van der Waals surface area (Å²) in [5.41, 5.74) is 2.75. The zero-order chi connectivity index (χ0) is 8.23. The van der Waals surface area contributed by atoms with Crippen LogP contribution in [0.1, 0.15) is 0 Å². The van der Waals surface area contributed by atoms with Crippen LogP contribution in [0.5, 0.6) is 0 Å². The molecule has 0 unspecified atom stereocenters. The molecule has 0 fully saturated rings. The van der Waals surface area contributed by atoms with Crippen molar-refractivity contribution in [3.63, 3.8) is 0 Å². The number of rotatable bonds is 2.